The fraction of sp³-hybridized carbons (Fsp3) is 0.636. The first-order chi connectivity index (χ1) is 7.09. The number of aliphatic hydroxyl groups excluding tert-OH is 1. The Kier molecular flexibility index (Phi) is 3.76. The minimum absolute atomic E-state index is 0.337. The normalized spacial score (nSPS) is 28.3. The van der Waals surface area contributed by atoms with Gasteiger partial charge in [-0.1, -0.05) is 31.4 Å². The lowest BCUT2D eigenvalue weighted by Gasteiger charge is -2.20. The van der Waals surface area contributed by atoms with Crippen LogP contribution in [0.4, 0.5) is 0 Å². The van der Waals surface area contributed by atoms with Crippen molar-refractivity contribution < 1.29 is 5.11 Å². The summed E-state index contributed by atoms with van der Waals surface area (Å²) in [6.45, 7) is 2.23. The summed E-state index contributed by atoms with van der Waals surface area (Å²) < 4.78 is 1.63. The Balaban J connectivity index is 2.16. The van der Waals surface area contributed by atoms with Crippen LogP contribution in [-0.2, 0) is 0 Å². The molecule has 3 atom stereocenters. The first-order valence-corrected chi connectivity index (χ1v) is 7.21. The lowest BCUT2D eigenvalue weighted by atomic mass is 9.91. The largest absolute Gasteiger partial charge is 0.387 e. The predicted octanol–water partition coefficient (Wildman–Crippen LogP) is 4.63. The van der Waals surface area contributed by atoms with Crippen molar-refractivity contribution in [3.05, 3.63) is 19.8 Å². The van der Waals surface area contributed by atoms with Gasteiger partial charge in [0, 0.05) is 9.35 Å². The van der Waals surface area contributed by atoms with Crippen molar-refractivity contribution in [1.29, 1.82) is 0 Å². The summed E-state index contributed by atoms with van der Waals surface area (Å²) in [4.78, 5) is 0.991. The van der Waals surface area contributed by atoms with Gasteiger partial charge in [0.25, 0.3) is 0 Å². The first kappa shape index (κ1) is 11.9. The molecule has 3 unspecified atom stereocenters. The molecule has 1 fully saturated rings. The van der Waals surface area contributed by atoms with Gasteiger partial charge in [-0.2, -0.15) is 0 Å². The van der Waals surface area contributed by atoms with Gasteiger partial charge in [0.15, 0.2) is 0 Å². The van der Waals surface area contributed by atoms with Crippen LogP contribution in [0.5, 0.6) is 0 Å². The van der Waals surface area contributed by atoms with Crippen molar-refractivity contribution >= 4 is 38.9 Å². The number of aliphatic hydroxyl groups is 1. The second-order valence-electron chi connectivity index (χ2n) is 4.29. The van der Waals surface area contributed by atoms with Crippen LogP contribution in [0, 0.1) is 11.8 Å². The zero-order valence-corrected chi connectivity index (χ0v) is 11.7. The minimum atomic E-state index is -0.337. The van der Waals surface area contributed by atoms with E-state index >= 15 is 0 Å². The Hall–Kier alpha value is 0.430. The standard InChI is InChI=1S/C11H14BrClOS/c1-6-3-2-4-7(6)10(14)9-5-8(12)11(13)15-9/h5-7,10,14H,2-4H2,1H3. The SMILES string of the molecule is CC1CCCC1C(O)c1cc(Br)c(Cl)s1. The van der Waals surface area contributed by atoms with E-state index in [0.717, 1.165) is 20.1 Å². The zero-order chi connectivity index (χ0) is 11.0. The molecule has 1 N–H and O–H groups in total. The van der Waals surface area contributed by atoms with Crippen molar-refractivity contribution in [1.82, 2.24) is 0 Å². The van der Waals surface area contributed by atoms with Crippen molar-refractivity contribution in [2.24, 2.45) is 11.8 Å². The lowest BCUT2D eigenvalue weighted by Crippen LogP contribution is -2.13. The van der Waals surface area contributed by atoms with E-state index in [-0.39, 0.29) is 6.10 Å². The average molecular weight is 310 g/mol. The van der Waals surface area contributed by atoms with Gasteiger partial charge in [-0.05, 0) is 40.3 Å². The summed E-state index contributed by atoms with van der Waals surface area (Å²) in [6, 6.07) is 1.95. The Morgan fingerprint density at radius 1 is 1.60 bits per heavy atom. The van der Waals surface area contributed by atoms with Crippen LogP contribution >= 0.6 is 38.9 Å². The van der Waals surface area contributed by atoms with Gasteiger partial charge in [0.05, 0.1) is 6.10 Å². The Labute approximate surface area is 108 Å². The number of hydrogen-bond donors (Lipinski definition) is 1. The number of hydrogen-bond acceptors (Lipinski definition) is 2. The highest BCUT2D eigenvalue weighted by Gasteiger charge is 2.31. The third kappa shape index (κ3) is 2.41. The van der Waals surface area contributed by atoms with Crippen molar-refractivity contribution in [3.63, 3.8) is 0 Å². The van der Waals surface area contributed by atoms with Crippen LogP contribution in [0.25, 0.3) is 0 Å². The maximum Gasteiger partial charge on any atom is 0.107 e. The predicted molar refractivity (Wildman–Crippen MR) is 68.5 cm³/mol. The molecule has 1 nitrogen and oxygen atoms in total. The monoisotopic (exact) mass is 308 g/mol. The molecule has 1 aliphatic carbocycles. The summed E-state index contributed by atoms with van der Waals surface area (Å²) in [5.41, 5.74) is 0. The number of halogens is 2. The topological polar surface area (TPSA) is 20.2 Å². The van der Waals surface area contributed by atoms with Crippen molar-refractivity contribution in [2.75, 3.05) is 0 Å². The van der Waals surface area contributed by atoms with E-state index in [1.165, 1.54) is 24.2 Å². The molecule has 1 saturated carbocycles. The third-order valence-corrected chi connectivity index (χ3v) is 5.83. The van der Waals surface area contributed by atoms with Gasteiger partial charge >= 0.3 is 0 Å². The molecule has 4 heteroatoms. The quantitative estimate of drug-likeness (QED) is 0.844. The molecular weight excluding hydrogens is 296 g/mol. The molecule has 0 aliphatic heterocycles. The molecule has 0 bridgehead atoms. The molecule has 84 valence electrons. The van der Waals surface area contributed by atoms with E-state index in [1.54, 1.807) is 0 Å². The molecular formula is C11H14BrClOS. The fourth-order valence-electron chi connectivity index (χ4n) is 2.36. The molecule has 0 amide bonds. The molecule has 0 saturated heterocycles. The molecule has 0 aromatic carbocycles. The van der Waals surface area contributed by atoms with E-state index in [1.807, 2.05) is 6.07 Å². The second kappa shape index (κ2) is 4.74. The summed E-state index contributed by atoms with van der Waals surface area (Å²) in [7, 11) is 0. The van der Waals surface area contributed by atoms with Crippen LogP contribution in [-0.4, -0.2) is 5.11 Å². The summed E-state index contributed by atoms with van der Waals surface area (Å²) >= 11 is 10.8. The molecule has 1 aromatic heterocycles. The van der Waals surface area contributed by atoms with Crippen LogP contribution in [0.3, 0.4) is 0 Å². The Morgan fingerprint density at radius 2 is 2.33 bits per heavy atom. The number of rotatable bonds is 2. The van der Waals surface area contributed by atoms with Crippen molar-refractivity contribution in [2.45, 2.75) is 32.3 Å². The van der Waals surface area contributed by atoms with E-state index in [0.29, 0.717) is 11.8 Å². The molecule has 0 spiro atoms. The molecule has 2 rings (SSSR count). The van der Waals surface area contributed by atoms with Gasteiger partial charge in [0.2, 0.25) is 0 Å². The van der Waals surface area contributed by atoms with Gasteiger partial charge in [-0.15, -0.1) is 11.3 Å². The smallest absolute Gasteiger partial charge is 0.107 e. The van der Waals surface area contributed by atoms with Crippen molar-refractivity contribution in [3.8, 4) is 0 Å². The third-order valence-electron chi connectivity index (χ3n) is 3.29. The molecule has 1 aromatic rings. The highest BCUT2D eigenvalue weighted by Crippen LogP contribution is 2.44. The van der Waals surface area contributed by atoms with E-state index < -0.39 is 0 Å². The van der Waals surface area contributed by atoms with Crippen LogP contribution in [0.2, 0.25) is 4.34 Å². The maximum absolute atomic E-state index is 10.3. The van der Waals surface area contributed by atoms with Gasteiger partial charge in [-0.3, -0.25) is 0 Å². The highest BCUT2D eigenvalue weighted by molar-refractivity contribution is 9.10. The Bertz CT molecular complexity index is 333. The maximum atomic E-state index is 10.3. The average Bonchev–Trinajstić information content (AvgIpc) is 2.74. The number of thiophene rings is 1. The van der Waals surface area contributed by atoms with Crippen LogP contribution in [0.1, 0.15) is 37.2 Å². The summed E-state index contributed by atoms with van der Waals surface area (Å²) in [5.74, 6) is 1.03. The molecule has 1 heterocycles. The van der Waals surface area contributed by atoms with Crippen LogP contribution < -0.4 is 0 Å². The summed E-state index contributed by atoms with van der Waals surface area (Å²) in [6.07, 6.45) is 3.27. The highest BCUT2D eigenvalue weighted by atomic mass is 79.9. The second-order valence-corrected chi connectivity index (χ2v) is 6.83. The lowest BCUT2D eigenvalue weighted by molar-refractivity contribution is 0.0932. The summed E-state index contributed by atoms with van der Waals surface area (Å²) in [5, 5.41) is 10.3. The first-order valence-electron chi connectivity index (χ1n) is 5.22. The van der Waals surface area contributed by atoms with E-state index in [4.69, 9.17) is 11.6 Å². The minimum Gasteiger partial charge on any atom is -0.387 e. The van der Waals surface area contributed by atoms with E-state index in [9.17, 15) is 5.11 Å². The van der Waals surface area contributed by atoms with Gasteiger partial charge in [0.1, 0.15) is 4.34 Å². The molecule has 1 aliphatic rings. The fourth-order valence-corrected chi connectivity index (χ4v) is 4.16. The Morgan fingerprint density at radius 3 is 2.80 bits per heavy atom. The molecule has 0 radical (unpaired) electrons. The van der Waals surface area contributed by atoms with Gasteiger partial charge < -0.3 is 5.11 Å². The zero-order valence-electron chi connectivity index (χ0n) is 8.54. The van der Waals surface area contributed by atoms with Gasteiger partial charge in [-0.25, -0.2) is 0 Å². The molecule has 15 heavy (non-hydrogen) atoms. The van der Waals surface area contributed by atoms with E-state index in [2.05, 4.69) is 22.9 Å². The van der Waals surface area contributed by atoms with Crippen LogP contribution in [0.15, 0.2) is 10.5 Å².